The largest absolute Gasteiger partial charge is 0.394 e. The van der Waals surface area contributed by atoms with Crippen LogP contribution in [0.4, 0.5) is 5.82 Å². The summed E-state index contributed by atoms with van der Waals surface area (Å²) in [6, 6.07) is 0. The molecular weight excluding hydrogens is 292 g/mol. The van der Waals surface area contributed by atoms with Gasteiger partial charge in [0.2, 0.25) is 0 Å². The lowest BCUT2D eigenvalue weighted by Crippen LogP contribution is -2.33. The Hall–Kier alpha value is -1.82. The Balaban J connectivity index is 2.14. The highest BCUT2D eigenvalue weighted by Gasteiger charge is 2.44. The summed E-state index contributed by atoms with van der Waals surface area (Å²) in [7, 11) is 0. The van der Waals surface area contributed by atoms with E-state index in [2.05, 4.69) is 9.97 Å². The van der Waals surface area contributed by atoms with E-state index in [-0.39, 0.29) is 5.82 Å². The maximum Gasteiger partial charge on any atom is 0.164 e. The van der Waals surface area contributed by atoms with E-state index in [0.717, 1.165) is 0 Å². The molecule has 4 atom stereocenters. The molecule has 4 unspecified atom stereocenters. The number of nitrogens with two attached hydrogens (primary N) is 3. The topological polar surface area (TPSA) is 179 Å². The van der Waals surface area contributed by atoms with Crippen LogP contribution in [0.2, 0.25) is 0 Å². The summed E-state index contributed by atoms with van der Waals surface area (Å²) >= 11 is 0. The van der Waals surface area contributed by atoms with Crippen LogP contribution in [0.25, 0.3) is 11.0 Å². The van der Waals surface area contributed by atoms with Gasteiger partial charge in [0.05, 0.1) is 18.2 Å². The molecule has 22 heavy (non-hydrogen) atoms. The molecule has 0 aliphatic carbocycles. The quantitative estimate of drug-likeness (QED) is 0.335. The van der Waals surface area contributed by atoms with Crippen molar-refractivity contribution < 1.29 is 20.1 Å². The summed E-state index contributed by atoms with van der Waals surface area (Å²) in [4.78, 5) is 8.03. The van der Waals surface area contributed by atoms with Crippen molar-refractivity contribution >= 4 is 16.9 Å². The number of rotatable bonds is 3. The standard InChI is InChI=1S/C12H18N6O4/c13-9(14)4-1-18(11-6(4)10(15)16-3-17-11)12-8(21)7(20)5(2-19)22-12/h1,3,5,7-9,12,19-21H,2,13-14H2,(H2,15,16,17). The van der Waals surface area contributed by atoms with Crippen molar-refractivity contribution in [2.24, 2.45) is 11.5 Å². The van der Waals surface area contributed by atoms with Crippen molar-refractivity contribution in [3.63, 3.8) is 0 Å². The molecular formula is C12H18N6O4. The van der Waals surface area contributed by atoms with Crippen LogP contribution in [0.5, 0.6) is 0 Å². The third-order valence-corrected chi connectivity index (χ3v) is 3.82. The van der Waals surface area contributed by atoms with Gasteiger partial charge in [-0.05, 0) is 0 Å². The first-order valence-corrected chi connectivity index (χ1v) is 6.70. The zero-order valence-electron chi connectivity index (χ0n) is 11.6. The van der Waals surface area contributed by atoms with Gasteiger partial charge in [-0.1, -0.05) is 0 Å². The molecule has 3 heterocycles. The van der Waals surface area contributed by atoms with Crippen LogP contribution in [-0.4, -0.2) is 54.8 Å². The minimum atomic E-state index is -1.24. The van der Waals surface area contributed by atoms with Crippen molar-refractivity contribution in [2.45, 2.75) is 30.7 Å². The van der Waals surface area contributed by atoms with Gasteiger partial charge in [-0.3, -0.25) is 0 Å². The number of nitrogen functional groups attached to an aromatic ring is 1. The van der Waals surface area contributed by atoms with Crippen molar-refractivity contribution in [2.75, 3.05) is 12.3 Å². The number of hydrogen-bond donors (Lipinski definition) is 6. The van der Waals surface area contributed by atoms with Gasteiger partial charge in [-0.15, -0.1) is 0 Å². The highest BCUT2D eigenvalue weighted by Crippen LogP contribution is 2.35. The van der Waals surface area contributed by atoms with Crippen molar-refractivity contribution in [1.29, 1.82) is 0 Å². The van der Waals surface area contributed by atoms with E-state index in [9.17, 15) is 15.3 Å². The van der Waals surface area contributed by atoms with E-state index in [1.807, 2.05) is 0 Å². The summed E-state index contributed by atoms with van der Waals surface area (Å²) < 4.78 is 6.98. The predicted octanol–water partition coefficient (Wildman–Crippen LogP) is -2.46. The van der Waals surface area contributed by atoms with Crippen molar-refractivity contribution in [1.82, 2.24) is 14.5 Å². The average molecular weight is 310 g/mol. The number of aliphatic hydroxyl groups excluding tert-OH is 3. The minimum Gasteiger partial charge on any atom is -0.394 e. The van der Waals surface area contributed by atoms with Crippen LogP contribution >= 0.6 is 0 Å². The molecule has 1 fully saturated rings. The molecule has 1 saturated heterocycles. The number of nitrogens with zero attached hydrogens (tertiary/aromatic N) is 3. The SMILES string of the molecule is Nc1ncnc2c1c(C(N)N)cn2C1OC(CO)C(O)C1O. The molecule has 2 aromatic rings. The molecule has 10 nitrogen and oxygen atoms in total. The fourth-order valence-electron chi connectivity index (χ4n) is 2.69. The maximum absolute atomic E-state index is 10.1. The third kappa shape index (κ3) is 2.13. The zero-order chi connectivity index (χ0) is 16.0. The van der Waals surface area contributed by atoms with Gasteiger partial charge in [-0.2, -0.15) is 0 Å². The fourth-order valence-corrected chi connectivity index (χ4v) is 2.69. The minimum absolute atomic E-state index is 0.200. The molecule has 0 saturated carbocycles. The summed E-state index contributed by atoms with van der Waals surface area (Å²) in [5.74, 6) is 0.200. The Morgan fingerprint density at radius 1 is 1.27 bits per heavy atom. The highest BCUT2D eigenvalue weighted by atomic mass is 16.6. The van der Waals surface area contributed by atoms with Gasteiger partial charge in [0.25, 0.3) is 0 Å². The van der Waals surface area contributed by atoms with Gasteiger partial charge in [0.1, 0.15) is 36.1 Å². The van der Waals surface area contributed by atoms with E-state index in [0.29, 0.717) is 16.6 Å². The Bertz CT molecular complexity index is 690. The first kappa shape index (κ1) is 15.1. The smallest absolute Gasteiger partial charge is 0.164 e. The molecule has 2 aromatic heterocycles. The van der Waals surface area contributed by atoms with Gasteiger partial charge in [0.15, 0.2) is 6.23 Å². The molecule has 9 N–H and O–H groups in total. The Morgan fingerprint density at radius 2 is 2.00 bits per heavy atom. The first-order chi connectivity index (χ1) is 10.5. The molecule has 3 rings (SSSR count). The Kier molecular flexibility index (Phi) is 3.72. The second-order valence-corrected chi connectivity index (χ2v) is 5.20. The number of aromatic nitrogens is 3. The fraction of sp³-hybridized carbons (Fsp3) is 0.500. The molecule has 0 radical (unpaired) electrons. The van der Waals surface area contributed by atoms with Crippen LogP contribution in [0, 0.1) is 0 Å². The van der Waals surface area contributed by atoms with Crippen LogP contribution in [0.3, 0.4) is 0 Å². The van der Waals surface area contributed by atoms with Crippen LogP contribution < -0.4 is 17.2 Å². The summed E-state index contributed by atoms with van der Waals surface area (Å²) in [5, 5.41) is 29.7. The lowest BCUT2D eigenvalue weighted by Gasteiger charge is -2.17. The van der Waals surface area contributed by atoms with E-state index in [1.54, 1.807) is 6.20 Å². The van der Waals surface area contributed by atoms with Gasteiger partial charge in [-0.25, -0.2) is 9.97 Å². The molecule has 10 heteroatoms. The lowest BCUT2D eigenvalue weighted by atomic mass is 10.1. The van der Waals surface area contributed by atoms with E-state index in [1.165, 1.54) is 10.9 Å². The second kappa shape index (κ2) is 5.43. The molecule has 120 valence electrons. The first-order valence-electron chi connectivity index (χ1n) is 6.70. The van der Waals surface area contributed by atoms with Crippen LogP contribution in [0.1, 0.15) is 18.0 Å². The van der Waals surface area contributed by atoms with Gasteiger partial charge >= 0.3 is 0 Å². The summed E-state index contributed by atoms with van der Waals surface area (Å²) in [6.45, 7) is -0.422. The monoisotopic (exact) mass is 310 g/mol. The normalized spacial score (nSPS) is 28.8. The van der Waals surface area contributed by atoms with Crippen molar-refractivity contribution in [3.8, 4) is 0 Å². The third-order valence-electron chi connectivity index (χ3n) is 3.82. The van der Waals surface area contributed by atoms with Gasteiger partial charge in [0, 0.05) is 11.8 Å². The lowest BCUT2D eigenvalue weighted by molar-refractivity contribution is -0.0509. The summed E-state index contributed by atoms with van der Waals surface area (Å²) in [5.41, 5.74) is 18.2. The molecule has 1 aliphatic heterocycles. The van der Waals surface area contributed by atoms with Crippen LogP contribution in [-0.2, 0) is 4.74 Å². The highest BCUT2D eigenvalue weighted by molar-refractivity contribution is 5.90. The number of anilines is 1. The molecule has 0 bridgehead atoms. The Labute approximate surface area is 125 Å². The second-order valence-electron chi connectivity index (χ2n) is 5.20. The van der Waals surface area contributed by atoms with Crippen LogP contribution in [0.15, 0.2) is 12.5 Å². The molecule has 1 aliphatic rings. The number of aliphatic hydroxyl groups is 3. The zero-order valence-corrected chi connectivity index (χ0v) is 11.6. The van der Waals surface area contributed by atoms with E-state index >= 15 is 0 Å². The maximum atomic E-state index is 10.1. The average Bonchev–Trinajstić information content (AvgIpc) is 3.00. The Morgan fingerprint density at radius 3 is 2.59 bits per heavy atom. The number of hydrogen-bond acceptors (Lipinski definition) is 9. The number of fused-ring (bicyclic) bond motifs is 1. The van der Waals surface area contributed by atoms with E-state index in [4.69, 9.17) is 21.9 Å². The summed E-state index contributed by atoms with van der Waals surface area (Å²) in [6.07, 6.45) is -2.31. The molecule has 0 aromatic carbocycles. The van der Waals surface area contributed by atoms with Crippen molar-refractivity contribution in [3.05, 3.63) is 18.1 Å². The molecule has 0 amide bonds. The van der Waals surface area contributed by atoms with Gasteiger partial charge < -0.3 is 41.8 Å². The number of ether oxygens (including phenoxy) is 1. The van der Waals surface area contributed by atoms with E-state index < -0.39 is 37.3 Å². The molecule has 0 spiro atoms. The predicted molar refractivity (Wildman–Crippen MR) is 76.1 cm³/mol.